The number of halogens is 1. The van der Waals surface area contributed by atoms with E-state index in [4.69, 9.17) is 9.84 Å². The number of fused-ring (bicyclic) bond motifs is 1. The third-order valence-corrected chi connectivity index (χ3v) is 5.30. The number of hydrogen-bond acceptors (Lipinski definition) is 4. The number of rotatable bonds is 6. The number of benzene rings is 2. The summed E-state index contributed by atoms with van der Waals surface area (Å²) in [5.74, 6) is -0.0923. The lowest BCUT2D eigenvalue weighted by Crippen LogP contribution is -1.96. The van der Waals surface area contributed by atoms with Crippen LogP contribution in [0.2, 0.25) is 0 Å². The Bertz CT molecular complexity index is 916. The van der Waals surface area contributed by atoms with Crippen LogP contribution in [0.3, 0.4) is 0 Å². The molecule has 0 aliphatic heterocycles. The van der Waals surface area contributed by atoms with E-state index >= 15 is 0 Å². The Morgan fingerprint density at radius 3 is 2.80 bits per heavy atom. The molecule has 4 nitrogen and oxygen atoms in total. The summed E-state index contributed by atoms with van der Waals surface area (Å²) in [6.07, 6.45) is 2.42. The zero-order valence-electron chi connectivity index (χ0n) is 13.5. The van der Waals surface area contributed by atoms with Gasteiger partial charge in [-0.1, -0.05) is 28.1 Å². The second kappa shape index (κ2) is 7.80. The number of methoxy groups -OCH3 is 1. The number of allylic oxidation sites excluding steroid dienone is 1. The minimum Gasteiger partial charge on any atom is -0.496 e. The van der Waals surface area contributed by atoms with Crippen LogP contribution in [-0.4, -0.2) is 23.2 Å². The van der Waals surface area contributed by atoms with Crippen molar-refractivity contribution in [2.24, 2.45) is 0 Å². The Morgan fingerprint density at radius 1 is 1.28 bits per heavy atom. The summed E-state index contributed by atoms with van der Waals surface area (Å²) >= 11 is 5.04. The van der Waals surface area contributed by atoms with Crippen molar-refractivity contribution in [3.63, 3.8) is 0 Å². The maximum Gasteiger partial charge on any atom is 0.303 e. The van der Waals surface area contributed by atoms with Crippen molar-refractivity contribution in [2.45, 2.75) is 12.8 Å². The molecule has 3 rings (SSSR count). The molecular weight excluding hydrogens is 402 g/mol. The molecule has 0 bridgehead atoms. The van der Waals surface area contributed by atoms with Crippen LogP contribution in [0.4, 0.5) is 0 Å². The Kier molecular flexibility index (Phi) is 5.50. The van der Waals surface area contributed by atoms with Gasteiger partial charge in [0, 0.05) is 16.5 Å². The minimum atomic E-state index is -0.826. The lowest BCUT2D eigenvalue weighted by Gasteiger charge is -2.08. The molecule has 0 aliphatic carbocycles. The quantitative estimate of drug-likeness (QED) is 0.577. The molecule has 128 valence electrons. The number of aliphatic carboxylic acids is 1. The molecule has 25 heavy (non-hydrogen) atoms. The first-order chi connectivity index (χ1) is 12.1. The number of nitrogens with zero attached hydrogens (tertiary/aromatic N) is 1. The number of aromatic nitrogens is 1. The molecule has 2 aromatic carbocycles. The molecule has 1 heterocycles. The summed E-state index contributed by atoms with van der Waals surface area (Å²) in [7, 11) is 1.62. The average molecular weight is 418 g/mol. The molecule has 0 radical (unpaired) electrons. The Labute approximate surface area is 157 Å². The van der Waals surface area contributed by atoms with Crippen molar-refractivity contribution in [3.05, 3.63) is 57.5 Å². The summed E-state index contributed by atoms with van der Waals surface area (Å²) in [5, 5.41) is 9.92. The van der Waals surface area contributed by atoms with Gasteiger partial charge in [0.2, 0.25) is 0 Å². The monoisotopic (exact) mass is 417 g/mol. The molecule has 0 saturated heterocycles. The number of thiazole rings is 1. The van der Waals surface area contributed by atoms with Gasteiger partial charge >= 0.3 is 5.97 Å². The molecule has 0 spiro atoms. The molecule has 0 unspecified atom stereocenters. The van der Waals surface area contributed by atoms with Crippen LogP contribution in [0.1, 0.15) is 23.4 Å². The van der Waals surface area contributed by atoms with Gasteiger partial charge in [0.05, 0.1) is 17.3 Å². The van der Waals surface area contributed by atoms with Gasteiger partial charge in [-0.15, -0.1) is 11.3 Å². The van der Waals surface area contributed by atoms with E-state index in [2.05, 4.69) is 20.9 Å². The molecule has 6 heteroatoms. The molecule has 3 aromatic rings. The molecule has 0 atom stereocenters. The van der Waals surface area contributed by atoms with Crippen molar-refractivity contribution in [2.75, 3.05) is 7.11 Å². The van der Waals surface area contributed by atoms with Gasteiger partial charge < -0.3 is 9.84 Å². The van der Waals surface area contributed by atoms with E-state index in [9.17, 15) is 4.79 Å². The van der Waals surface area contributed by atoms with E-state index < -0.39 is 5.97 Å². The highest BCUT2D eigenvalue weighted by Gasteiger charge is 2.12. The van der Waals surface area contributed by atoms with Crippen LogP contribution in [0, 0.1) is 0 Å². The van der Waals surface area contributed by atoms with E-state index in [0.717, 1.165) is 36.6 Å². The van der Waals surface area contributed by atoms with E-state index in [-0.39, 0.29) is 6.42 Å². The average Bonchev–Trinajstić information content (AvgIpc) is 3.02. The van der Waals surface area contributed by atoms with Crippen LogP contribution in [0.5, 0.6) is 5.75 Å². The molecule has 0 saturated carbocycles. The van der Waals surface area contributed by atoms with Crippen LogP contribution in [0.25, 0.3) is 21.9 Å². The van der Waals surface area contributed by atoms with E-state index in [1.807, 2.05) is 48.5 Å². The highest BCUT2D eigenvalue weighted by Crippen LogP contribution is 2.33. The Morgan fingerprint density at radius 2 is 2.08 bits per heavy atom. The van der Waals surface area contributed by atoms with E-state index in [1.165, 1.54) is 0 Å². The zero-order valence-corrected chi connectivity index (χ0v) is 15.9. The smallest absolute Gasteiger partial charge is 0.303 e. The maximum absolute atomic E-state index is 11.1. The molecule has 0 amide bonds. The largest absolute Gasteiger partial charge is 0.496 e. The lowest BCUT2D eigenvalue weighted by molar-refractivity contribution is -0.136. The van der Waals surface area contributed by atoms with E-state index in [0.29, 0.717) is 6.42 Å². The van der Waals surface area contributed by atoms with Crippen molar-refractivity contribution in [1.29, 1.82) is 0 Å². The molecule has 0 fully saturated rings. The first-order valence-electron chi connectivity index (χ1n) is 7.68. The fourth-order valence-corrected chi connectivity index (χ4v) is 3.89. The van der Waals surface area contributed by atoms with Crippen molar-refractivity contribution < 1.29 is 14.6 Å². The molecule has 1 N–H and O–H groups in total. The van der Waals surface area contributed by atoms with Gasteiger partial charge in [0.25, 0.3) is 0 Å². The van der Waals surface area contributed by atoms with Crippen LogP contribution in [0.15, 0.2) is 46.9 Å². The van der Waals surface area contributed by atoms with Gasteiger partial charge in [-0.25, -0.2) is 4.98 Å². The fraction of sp³-hybridized carbons (Fsp3) is 0.158. The summed E-state index contributed by atoms with van der Waals surface area (Å²) in [6.45, 7) is 0. The summed E-state index contributed by atoms with van der Waals surface area (Å²) < 4.78 is 7.44. The van der Waals surface area contributed by atoms with Crippen molar-refractivity contribution in [1.82, 2.24) is 4.98 Å². The number of carbonyl (C=O) groups is 1. The number of hydrogen-bond donors (Lipinski definition) is 1. The second-order valence-electron chi connectivity index (χ2n) is 5.44. The Balaban J connectivity index is 2.08. The predicted octanol–water partition coefficient (Wildman–Crippen LogP) is 5.47. The number of carboxylic acid groups (broad SMARTS) is 1. The fourth-order valence-electron chi connectivity index (χ4n) is 2.50. The number of ether oxygens (including phenoxy) is 1. The van der Waals surface area contributed by atoms with Crippen molar-refractivity contribution >= 4 is 55.1 Å². The zero-order chi connectivity index (χ0) is 17.8. The number of para-hydroxylation sites is 1. The van der Waals surface area contributed by atoms with Crippen LogP contribution in [-0.2, 0) is 4.79 Å². The summed E-state index contributed by atoms with van der Waals surface area (Å²) in [4.78, 5) is 15.7. The molecule has 1 aromatic heterocycles. The molecule has 0 aliphatic rings. The standard InChI is InChI=1S/C19H16BrNO3S/c1-24-16-8-7-14(20)11-13(16)10-12(6-9-18(22)23)19-21-15-4-2-3-5-17(15)25-19/h2-5,7-8,10-11H,6,9H2,1H3,(H,22,23)/b12-10-. The normalized spacial score (nSPS) is 11.7. The summed E-state index contributed by atoms with van der Waals surface area (Å²) in [5.41, 5.74) is 2.70. The number of carboxylic acids is 1. The summed E-state index contributed by atoms with van der Waals surface area (Å²) in [6, 6.07) is 13.6. The first-order valence-corrected chi connectivity index (χ1v) is 9.29. The SMILES string of the molecule is COc1ccc(Br)cc1/C=C(/CCC(=O)O)c1nc2ccccc2s1. The van der Waals surface area contributed by atoms with Crippen LogP contribution < -0.4 is 4.74 Å². The second-order valence-corrected chi connectivity index (χ2v) is 7.38. The Hall–Kier alpha value is -2.18. The minimum absolute atomic E-state index is 0.0536. The highest BCUT2D eigenvalue weighted by molar-refractivity contribution is 9.10. The van der Waals surface area contributed by atoms with Gasteiger partial charge in [0.1, 0.15) is 10.8 Å². The maximum atomic E-state index is 11.1. The lowest BCUT2D eigenvalue weighted by atomic mass is 10.1. The topological polar surface area (TPSA) is 59.4 Å². The third kappa shape index (κ3) is 4.27. The first kappa shape index (κ1) is 17.6. The van der Waals surface area contributed by atoms with Gasteiger partial charge in [-0.3, -0.25) is 4.79 Å². The van der Waals surface area contributed by atoms with Gasteiger partial charge in [-0.2, -0.15) is 0 Å². The predicted molar refractivity (Wildman–Crippen MR) is 105 cm³/mol. The highest BCUT2D eigenvalue weighted by atomic mass is 79.9. The van der Waals surface area contributed by atoms with Crippen molar-refractivity contribution in [3.8, 4) is 5.75 Å². The van der Waals surface area contributed by atoms with Gasteiger partial charge in [-0.05, 0) is 48.4 Å². The third-order valence-electron chi connectivity index (χ3n) is 3.70. The van der Waals surface area contributed by atoms with E-state index in [1.54, 1.807) is 18.4 Å². The molecular formula is C19H16BrNO3S. The van der Waals surface area contributed by atoms with Gasteiger partial charge in [0.15, 0.2) is 0 Å². The van der Waals surface area contributed by atoms with Crippen LogP contribution >= 0.6 is 27.3 Å².